The molecule has 0 atom stereocenters. The summed E-state index contributed by atoms with van der Waals surface area (Å²) in [5.74, 6) is 1.64. The van der Waals surface area contributed by atoms with Crippen LogP contribution in [0.25, 0.3) is 26.6 Å². The van der Waals surface area contributed by atoms with Gasteiger partial charge in [0.15, 0.2) is 11.5 Å². The zero-order valence-corrected chi connectivity index (χ0v) is 18.7. The molecule has 0 spiro atoms. The van der Waals surface area contributed by atoms with Gasteiger partial charge in [-0.15, -0.1) is 11.3 Å². The minimum absolute atomic E-state index is 0.167. The number of aromatic hydroxyl groups is 1. The van der Waals surface area contributed by atoms with Gasteiger partial charge in [-0.1, -0.05) is 18.2 Å². The van der Waals surface area contributed by atoms with E-state index in [0.717, 1.165) is 51.0 Å². The quantitative estimate of drug-likeness (QED) is 0.402. The highest BCUT2D eigenvalue weighted by atomic mass is 32.1. The zero-order chi connectivity index (χ0) is 22.2. The van der Waals surface area contributed by atoms with Gasteiger partial charge in [-0.25, -0.2) is 9.97 Å². The van der Waals surface area contributed by atoms with Crippen LogP contribution in [0.1, 0.15) is 11.3 Å². The van der Waals surface area contributed by atoms with Crippen LogP contribution in [0, 0.1) is 0 Å². The van der Waals surface area contributed by atoms with E-state index in [4.69, 9.17) is 9.72 Å². The minimum atomic E-state index is 0.167. The first kappa shape index (κ1) is 20.0. The third kappa shape index (κ3) is 3.86. The number of phenolic OH excluding ortho intramolecular Hbond substituents is 1. The fourth-order valence-corrected chi connectivity index (χ4v) is 5.25. The van der Waals surface area contributed by atoms with Crippen molar-refractivity contribution >= 4 is 21.6 Å². The number of thiazole rings is 1. The first-order valence-corrected chi connectivity index (χ1v) is 11.7. The molecule has 33 heavy (non-hydrogen) atoms. The van der Waals surface area contributed by atoms with E-state index >= 15 is 0 Å². The fourth-order valence-electron chi connectivity index (χ4n) is 4.30. The van der Waals surface area contributed by atoms with Crippen molar-refractivity contribution in [2.24, 2.45) is 0 Å². The Morgan fingerprint density at radius 1 is 1.03 bits per heavy atom. The lowest BCUT2D eigenvalue weighted by atomic mass is 10.1. The monoisotopic (exact) mass is 454 g/mol. The van der Waals surface area contributed by atoms with Crippen molar-refractivity contribution in [2.75, 3.05) is 13.2 Å². The van der Waals surface area contributed by atoms with Gasteiger partial charge in [-0.2, -0.15) is 0 Å². The molecule has 1 aliphatic rings. The Morgan fingerprint density at radius 3 is 2.82 bits per heavy atom. The van der Waals surface area contributed by atoms with Crippen molar-refractivity contribution in [3.05, 3.63) is 90.4 Å². The molecule has 0 radical (unpaired) electrons. The van der Waals surface area contributed by atoms with Crippen LogP contribution in [0.4, 0.5) is 0 Å². The summed E-state index contributed by atoms with van der Waals surface area (Å²) < 4.78 is 9.21. The molecular formula is C26H22N4O2S. The van der Waals surface area contributed by atoms with Gasteiger partial charge in [0.2, 0.25) is 0 Å². The van der Waals surface area contributed by atoms with Crippen molar-refractivity contribution < 1.29 is 9.84 Å². The minimum Gasteiger partial charge on any atom is -0.504 e. The normalized spacial score (nSPS) is 14.1. The lowest BCUT2D eigenvalue weighted by molar-refractivity contribution is 0.214. The van der Waals surface area contributed by atoms with Crippen LogP contribution in [0.2, 0.25) is 0 Å². The van der Waals surface area contributed by atoms with Crippen LogP contribution in [0.5, 0.6) is 11.5 Å². The average Bonchev–Trinajstić information content (AvgIpc) is 3.42. The highest BCUT2D eigenvalue weighted by molar-refractivity contribution is 7.21. The molecule has 164 valence electrons. The summed E-state index contributed by atoms with van der Waals surface area (Å²) in [7, 11) is 0. The number of rotatable bonds is 4. The first-order valence-electron chi connectivity index (χ1n) is 10.9. The molecule has 3 aromatic heterocycles. The highest BCUT2D eigenvalue weighted by Crippen LogP contribution is 2.39. The maximum absolute atomic E-state index is 10.8. The van der Waals surface area contributed by atoms with Gasteiger partial charge in [0.25, 0.3) is 0 Å². The van der Waals surface area contributed by atoms with E-state index < -0.39 is 0 Å². The molecule has 0 amide bonds. The Labute approximate surface area is 195 Å². The van der Waals surface area contributed by atoms with Crippen LogP contribution in [0.15, 0.2) is 79.1 Å². The highest BCUT2D eigenvalue weighted by Gasteiger charge is 2.22. The number of para-hydroxylation sites is 1. The zero-order valence-electron chi connectivity index (χ0n) is 17.9. The molecule has 6 rings (SSSR count). The molecule has 0 saturated heterocycles. The van der Waals surface area contributed by atoms with Crippen molar-refractivity contribution in [1.29, 1.82) is 0 Å². The molecule has 0 saturated carbocycles. The molecule has 0 bridgehead atoms. The van der Waals surface area contributed by atoms with Crippen LogP contribution >= 0.6 is 11.3 Å². The first-order chi connectivity index (χ1) is 16.2. The predicted molar refractivity (Wildman–Crippen MR) is 130 cm³/mol. The molecule has 0 aliphatic carbocycles. The van der Waals surface area contributed by atoms with Crippen LogP contribution < -0.4 is 4.74 Å². The number of pyridine rings is 1. The summed E-state index contributed by atoms with van der Waals surface area (Å²) in [6.45, 7) is 2.71. The largest absolute Gasteiger partial charge is 0.504 e. The number of ether oxygens (including phenoxy) is 1. The molecule has 1 aliphatic heterocycles. The van der Waals surface area contributed by atoms with E-state index in [-0.39, 0.29) is 5.75 Å². The summed E-state index contributed by atoms with van der Waals surface area (Å²) in [5, 5.41) is 11.7. The van der Waals surface area contributed by atoms with Gasteiger partial charge in [-0.3, -0.25) is 4.90 Å². The van der Waals surface area contributed by atoms with Crippen LogP contribution in [0.3, 0.4) is 0 Å². The van der Waals surface area contributed by atoms with Crippen molar-refractivity contribution in [3.8, 4) is 27.9 Å². The van der Waals surface area contributed by atoms with Gasteiger partial charge in [0.1, 0.15) is 17.4 Å². The van der Waals surface area contributed by atoms with Gasteiger partial charge >= 0.3 is 0 Å². The molecular weight excluding hydrogens is 432 g/mol. The summed E-state index contributed by atoms with van der Waals surface area (Å²) in [4.78, 5) is 11.6. The molecule has 1 N–H and O–H groups in total. The second-order valence-corrected chi connectivity index (χ2v) is 9.12. The van der Waals surface area contributed by atoms with Crippen molar-refractivity contribution in [3.63, 3.8) is 0 Å². The average molecular weight is 455 g/mol. The van der Waals surface area contributed by atoms with Crippen molar-refractivity contribution in [2.45, 2.75) is 13.1 Å². The number of aromatic nitrogens is 3. The number of nitrogens with zero attached hydrogens (tertiary/aromatic N) is 4. The Morgan fingerprint density at radius 2 is 1.94 bits per heavy atom. The Kier molecular flexibility index (Phi) is 5.05. The summed E-state index contributed by atoms with van der Waals surface area (Å²) in [6.07, 6.45) is 3.85. The van der Waals surface area contributed by atoms with E-state index in [1.54, 1.807) is 17.4 Å². The van der Waals surface area contributed by atoms with Gasteiger partial charge in [0.05, 0.1) is 10.2 Å². The third-order valence-corrected chi connectivity index (χ3v) is 6.94. The maximum atomic E-state index is 10.8. The number of fused-ring (bicyclic) bond motifs is 2. The second-order valence-electron chi connectivity index (χ2n) is 8.09. The lowest BCUT2D eigenvalue weighted by Crippen LogP contribution is -2.26. The molecule has 6 nitrogen and oxygen atoms in total. The van der Waals surface area contributed by atoms with Gasteiger partial charge < -0.3 is 14.4 Å². The van der Waals surface area contributed by atoms with Crippen LogP contribution in [-0.2, 0) is 13.1 Å². The number of hydrogen-bond donors (Lipinski definition) is 1. The fraction of sp³-hybridized carbons (Fsp3) is 0.154. The van der Waals surface area contributed by atoms with E-state index in [1.165, 1.54) is 0 Å². The van der Waals surface area contributed by atoms with Crippen LogP contribution in [-0.4, -0.2) is 37.7 Å². The SMILES string of the molecule is Oc1cc(-c2nc3ccccc3s2)cc2c1OCCN(Cc1cccn1-c1ccccn1)C2. The number of benzene rings is 2. The molecule has 0 unspecified atom stereocenters. The molecule has 5 aromatic rings. The smallest absolute Gasteiger partial charge is 0.165 e. The molecule has 0 fully saturated rings. The molecule has 7 heteroatoms. The molecule has 2 aromatic carbocycles. The van der Waals surface area contributed by atoms with E-state index in [1.807, 2.05) is 54.9 Å². The second kappa shape index (κ2) is 8.35. The summed E-state index contributed by atoms with van der Waals surface area (Å²) in [5.41, 5.74) is 4.01. The third-order valence-electron chi connectivity index (χ3n) is 5.85. The van der Waals surface area contributed by atoms with Crippen molar-refractivity contribution in [1.82, 2.24) is 19.4 Å². The number of phenols is 1. The number of hydrogen-bond acceptors (Lipinski definition) is 6. The summed E-state index contributed by atoms with van der Waals surface area (Å²) in [6, 6.07) is 22.0. The van der Waals surface area contributed by atoms with Gasteiger partial charge in [-0.05, 0) is 48.5 Å². The lowest BCUT2D eigenvalue weighted by Gasteiger charge is -2.20. The Hall–Kier alpha value is -3.68. The predicted octanol–water partition coefficient (Wildman–Crippen LogP) is 5.25. The Bertz CT molecular complexity index is 1390. The van der Waals surface area contributed by atoms with E-state index in [2.05, 4.69) is 32.7 Å². The maximum Gasteiger partial charge on any atom is 0.165 e. The van der Waals surface area contributed by atoms with E-state index in [9.17, 15) is 5.11 Å². The standard InChI is InChI=1S/C26H22N4O2S/c31-22-15-18(26-28-21-7-1-2-8-23(21)33-26)14-19-16-29(12-13-32-25(19)22)17-20-6-5-11-30(20)24-9-3-4-10-27-24/h1-11,14-15,31H,12-13,16-17H2. The molecule has 4 heterocycles. The van der Waals surface area contributed by atoms with E-state index in [0.29, 0.717) is 18.9 Å². The summed E-state index contributed by atoms with van der Waals surface area (Å²) >= 11 is 1.63. The topological polar surface area (TPSA) is 63.4 Å². The van der Waals surface area contributed by atoms with Gasteiger partial charge in [0, 0.05) is 48.8 Å². The Balaban J connectivity index is 1.31.